The Hall–Kier alpha value is -1.46. The summed E-state index contributed by atoms with van der Waals surface area (Å²) in [6.45, 7) is 12.2. The highest BCUT2D eigenvalue weighted by molar-refractivity contribution is 14.0. The monoisotopic (exact) mass is 546 g/mol. The molecule has 1 aliphatic heterocycles. The number of guanidine groups is 1. The molecule has 3 rings (SSSR count). The van der Waals surface area contributed by atoms with Gasteiger partial charge in [0.25, 0.3) is 0 Å². The maximum atomic E-state index is 14.7. The molecular formula is C21H32FIN6S. The fourth-order valence-electron chi connectivity index (χ4n) is 3.53. The molecule has 1 aromatic carbocycles. The molecule has 1 aromatic heterocycles. The van der Waals surface area contributed by atoms with Crippen LogP contribution < -0.4 is 15.5 Å². The number of nitrogens with zero attached hydrogens (tertiary/aromatic N) is 4. The average Bonchev–Trinajstić information content (AvgIpc) is 3.05. The smallest absolute Gasteiger partial charge is 0.191 e. The number of aryl methyl sites for hydroxylation is 2. The molecule has 0 bridgehead atoms. The van der Waals surface area contributed by atoms with E-state index in [0.29, 0.717) is 24.7 Å². The van der Waals surface area contributed by atoms with Gasteiger partial charge >= 0.3 is 0 Å². The molecule has 1 saturated heterocycles. The topological polar surface area (TPSA) is 55.8 Å². The largest absolute Gasteiger partial charge is 0.367 e. The van der Waals surface area contributed by atoms with Crippen molar-refractivity contribution in [1.82, 2.24) is 20.5 Å². The molecule has 9 heteroatoms. The van der Waals surface area contributed by atoms with Crippen LogP contribution in [0.25, 0.3) is 0 Å². The van der Waals surface area contributed by atoms with Gasteiger partial charge < -0.3 is 20.4 Å². The molecule has 0 aliphatic carbocycles. The molecule has 0 atom stereocenters. The number of thiazole rings is 1. The number of aliphatic imine (C=N–C) groups is 1. The number of hydrogen-bond donors (Lipinski definition) is 2. The summed E-state index contributed by atoms with van der Waals surface area (Å²) in [5.41, 5.74) is 2.64. The van der Waals surface area contributed by atoms with E-state index in [1.54, 1.807) is 24.5 Å². The Bertz CT molecular complexity index is 848. The molecule has 0 radical (unpaired) electrons. The fraction of sp³-hybridized carbons (Fsp3) is 0.524. The lowest BCUT2D eigenvalue weighted by atomic mass is 10.1. The lowest BCUT2D eigenvalue weighted by molar-refractivity contribution is 0.270. The van der Waals surface area contributed by atoms with Crippen LogP contribution in [-0.2, 0) is 13.1 Å². The number of hydrogen-bond acceptors (Lipinski definition) is 5. The predicted molar refractivity (Wildman–Crippen MR) is 135 cm³/mol. The van der Waals surface area contributed by atoms with Crippen LogP contribution in [0.2, 0.25) is 0 Å². The second-order valence-corrected chi connectivity index (χ2v) is 8.52. The molecule has 166 valence electrons. The maximum Gasteiger partial charge on any atom is 0.191 e. The molecule has 6 nitrogen and oxygen atoms in total. The van der Waals surface area contributed by atoms with Crippen LogP contribution in [0.15, 0.2) is 23.2 Å². The van der Waals surface area contributed by atoms with Gasteiger partial charge in [-0.3, -0.25) is 4.99 Å². The second kappa shape index (κ2) is 11.8. The number of rotatable bonds is 6. The Morgan fingerprint density at radius 3 is 2.43 bits per heavy atom. The van der Waals surface area contributed by atoms with Crippen LogP contribution in [0, 0.1) is 19.7 Å². The SMILES string of the molecule is CCN1CCN(c2ccc(CNC(=NC)NCc3sc(C)nc3C)cc2F)CC1.I. The van der Waals surface area contributed by atoms with Gasteiger partial charge in [-0.1, -0.05) is 13.0 Å². The van der Waals surface area contributed by atoms with E-state index in [2.05, 4.69) is 37.3 Å². The van der Waals surface area contributed by atoms with Gasteiger partial charge in [0, 0.05) is 44.6 Å². The molecule has 0 amide bonds. The lowest BCUT2D eigenvalue weighted by Crippen LogP contribution is -2.46. The fourth-order valence-corrected chi connectivity index (χ4v) is 4.41. The van der Waals surface area contributed by atoms with Crippen molar-refractivity contribution in [2.24, 2.45) is 4.99 Å². The Morgan fingerprint density at radius 1 is 1.17 bits per heavy atom. The highest BCUT2D eigenvalue weighted by atomic mass is 127. The molecule has 30 heavy (non-hydrogen) atoms. The summed E-state index contributed by atoms with van der Waals surface area (Å²) in [6, 6.07) is 5.51. The number of likely N-dealkylation sites (N-methyl/N-ethyl adjacent to an activating group) is 1. The summed E-state index contributed by atoms with van der Waals surface area (Å²) in [5, 5.41) is 7.62. The van der Waals surface area contributed by atoms with Crippen molar-refractivity contribution >= 4 is 47.0 Å². The molecule has 2 heterocycles. The van der Waals surface area contributed by atoms with E-state index >= 15 is 0 Å². The first kappa shape index (κ1) is 24.8. The van der Waals surface area contributed by atoms with E-state index in [4.69, 9.17) is 0 Å². The van der Waals surface area contributed by atoms with E-state index in [-0.39, 0.29) is 29.8 Å². The third kappa shape index (κ3) is 6.52. The summed E-state index contributed by atoms with van der Waals surface area (Å²) in [7, 11) is 1.74. The Labute approximate surface area is 200 Å². The minimum absolute atomic E-state index is 0. The van der Waals surface area contributed by atoms with E-state index in [1.165, 1.54) is 4.88 Å². The van der Waals surface area contributed by atoms with Crippen molar-refractivity contribution < 1.29 is 4.39 Å². The van der Waals surface area contributed by atoms with Crippen molar-refractivity contribution in [3.05, 3.63) is 45.2 Å². The minimum Gasteiger partial charge on any atom is -0.367 e. The zero-order chi connectivity index (χ0) is 20.8. The quantitative estimate of drug-likeness (QED) is 0.330. The minimum atomic E-state index is -0.159. The first-order valence-electron chi connectivity index (χ1n) is 10.1. The van der Waals surface area contributed by atoms with Gasteiger partial charge in [-0.2, -0.15) is 0 Å². The van der Waals surface area contributed by atoms with Crippen molar-refractivity contribution in [2.75, 3.05) is 44.7 Å². The van der Waals surface area contributed by atoms with Crippen molar-refractivity contribution in [3.63, 3.8) is 0 Å². The Kier molecular flexibility index (Phi) is 9.76. The van der Waals surface area contributed by atoms with Crippen molar-refractivity contribution in [3.8, 4) is 0 Å². The van der Waals surface area contributed by atoms with Crippen LogP contribution in [0.1, 0.15) is 28.1 Å². The molecule has 0 saturated carbocycles. The number of anilines is 1. The summed E-state index contributed by atoms with van der Waals surface area (Å²) >= 11 is 1.69. The summed E-state index contributed by atoms with van der Waals surface area (Å²) in [4.78, 5) is 14.4. The van der Waals surface area contributed by atoms with Crippen LogP contribution in [0.3, 0.4) is 0 Å². The van der Waals surface area contributed by atoms with Gasteiger partial charge in [-0.25, -0.2) is 9.37 Å². The number of nitrogens with one attached hydrogen (secondary N) is 2. The average molecular weight is 546 g/mol. The van der Waals surface area contributed by atoms with Crippen LogP contribution in [0.5, 0.6) is 0 Å². The maximum absolute atomic E-state index is 14.7. The van der Waals surface area contributed by atoms with Crippen LogP contribution in [-0.4, -0.2) is 55.6 Å². The van der Waals surface area contributed by atoms with Crippen molar-refractivity contribution in [1.29, 1.82) is 0 Å². The summed E-state index contributed by atoms with van der Waals surface area (Å²) in [6.07, 6.45) is 0. The number of aromatic nitrogens is 1. The highest BCUT2D eigenvalue weighted by Gasteiger charge is 2.18. The van der Waals surface area contributed by atoms with Gasteiger partial charge in [0.15, 0.2) is 5.96 Å². The molecule has 2 N–H and O–H groups in total. The molecule has 1 aliphatic rings. The third-order valence-corrected chi connectivity index (χ3v) is 6.34. The predicted octanol–water partition coefficient (Wildman–Crippen LogP) is 3.52. The molecule has 2 aromatic rings. The van der Waals surface area contributed by atoms with Crippen molar-refractivity contribution in [2.45, 2.75) is 33.9 Å². The van der Waals surface area contributed by atoms with Gasteiger partial charge in [0.1, 0.15) is 5.82 Å². The standard InChI is InChI=1S/C21H31FN6S.HI/c1-5-27-8-10-28(11-9-27)19-7-6-17(12-18(19)22)13-24-21(23-4)25-14-20-15(2)26-16(3)29-20;/h6-7,12H,5,8-11,13-14H2,1-4H3,(H2,23,24,25);1H. The zero-order valence-corrected chi connectivity index (χ0v) is 21.3. The zero-order valence-electron chi connectivity index (χ0n) is 18.2. The Balaban J connectivity index is 0.00000320. The van der Waals surface area contributed by atoms with E-state index in [0.717, 1.165) is 49.0 Å². The first-order valence-corrected chi connectivity index (χ1v) is 10.9. The van der Waals surface area contributed by atoms with Gasteiger partial charge in [0.2, 0.25) is 0 Å². The van der Waals surface area contributed by atoms with Gasteiger partial charge in [-0.05, 0) is 38.1 Å². The van der Waals surface area contributed by atoms with Gasteiger partial charge in [-0.15, -0.1) is 35.3 Å². The highest BCUT2D eigenvalue weighted by Crippen LogP contribution is 2.22. The normalized spacial score (nSPS) is 15.1. The molecule has 0 unspecified atom stereocenters. The number of benzene rings is 1. The molecular weight excluding hydrogens is 514 g/mol. The summed E-state index contributed by atoms with van der Waals surface area (Å²) in [5.74, 6) is 0.531. The van der Waals surface area contributed by atoms with E-state index < -0.39 is 0 Å². The van der Waals surface area contributed by atoms with E-state index in [9.17, 15) is 4.39 Å². The Morgan fingerprint density at radius 2 is 1.87 bits per heavy atom. The molecule has 0 spiro atoms. The number of piperazine rings is 1. The van der Waals surface area contributed by atoms with E-state index in [1.807, 2.05) is 26.0 Å². The molecule has 1 fully saturated rings. The van der Waals surface area contributed by atoms with Crippen LogP contribution in [0.4, 0.5) is 10.1 Å². The van der Waals surface area contributed by atoms with Crippen LogP contribution >= 0.6 is 35.3 Å². The van der Waals surface area contributed by atoms with Gasteiger partial charge in [0.05, 0.1) is 22.9 Å². The number of halogens is 2. The second-order valence-electron chi connectivity index (χ2n) is 7.23. The first-order chi connectivity index (χ1) is 14.0. The lowest BCUT2D eigenvalue weighted by Gasteiger charge is -2.35. The summed E-state index contributed by atoms with van der Waals surface area (Å²) < 4.78 is 14.7. The third-order valence-electron chi connectivity index (χ3n) is 5.27.